The van der Waals surface area contributed by atoms with E-state index in [4.69, 9.17) is 0 Å². The van der Waals surface area contributed by atoms with Crippen molar-refractivity contribution in [1.29, 1.82) is 0 Å². The standard InChI is InChI=1S/C16H29N5/c1-5-8-17-15-14(12(2)3)16(19-11-18-15)20-13-7-6-9-21(4)10-13/h11-13H,5-10H2,1-4H3,(H2,17,18,19,20). The Labute approximate surface area is 128 Å². The summed E-state index contributed by atoms with van der Waals surface area (Å²) in [5, 5.41) is 7.07. The van der Waals surface area contributed by atoms with Gasteiger partial charge < -0.3 is 15.5 Å². The molecule has 1 aliphatic rings. The van der Waals surface area contributed by atoms with Crippen molar-refractivity contribution in [3.63, 3.8) is 0 Å². The summed E-state index contributed by atoms with van der Waals surface area (Å²) in [5.41, 5.74) is 1.21. The van der Waals surface area contributed by atoms with Crippen molar-refractivity contribution in [3.8, 4) is 0 Å². The average molecular weight is 291 g/mol. The second kappa shape index (κ2) is 7.59. The summed E-state index contributed by atoms with van der Waals surface area (Å²) in [6, 6.07) is 0.482. The van der Waals surface area contributed by atoms with Crippen LogP contribution in [0.1, 0.15) is 51.5 Å². The Morgan fingerprint density at radius 3 is 2.76 bits per heavy atom. The van der Waals surface area contributed by atoms with E-state index in [-0.39, 0.29) is 0 Å². The van der Waals surface area contributed by atoms with Gasteiger partial charge in [0.1, 0.15) is 18.0 Å². The van der Waals surface area contributed by atoms with Gasteiger partial charge in [-0.1, -0.05) is 20.8 Å². The highest BCUT2D eigenvalue weighted by Gasteiger charge is 2.21. The fourth-order valence-corrected chi connectivity index (χ4v) is 2.92. The lowest BCUT2D eigenvalue weighted by atomic mass is 10.0. The van der Waals surface area contributed by atoms with E-state index in [1.54, 1.807) is 6.33 Å². The van der Waals surface area contributed by atoms with Crippen LogP contribution in [0.5, 0.6) is 0 Å². The molecular formula is C16H29N5. The summed E-state index contributed by atoms with van der Waals surface area (Å²) < 4.78 is 0. The van der Waals surface area contributed by atoms with Gasteiger partial charge in [-0.2, -0.15) is 0 Å². The van der Waals surface area contributed by atoms with E-state index in [1.165, 1.54) is 24.9 Å². The fraction of sp³-hybridized carbons (Fsp3) is 0.750. The summed E-state index contributed by atoms with van der Waals surface area (Å²) in [5.74, 6) is 2.38. The minimum absolute atomic E-state index is 0.398. The molecule has 1 aliphatic heterocycles. The molecule has 1 aromatic heterocycles. The van der Waals surface area contributed by atoms with Gasteiger partial charge in [0.25, 0.3) is 0 Å². The molecule has 118 valence electrons. The molecule has 2 heterocycles. The van der Waals surface area contributed by atoms with E-state index in [0.717, 1.165) is 31.1 Å². The molecule has 1 aromatic rings. The van der Waals surface area contributed by atoms with E-state index >= 15 is 0 Å². The molecule has 5 nitrogen and oxygen atoms in total. The molecule has 0 aliphatic carbocycles. The quantitative estimate of drug-likeness (QED) is 0.844. The molecule has 1 fully saturated rings. The van der Waals surface area contributed by atoms with Gasteiger partial charge in [0.15, 0.2) is 0 Å². The van der Waals surface area contributed by atoms with Crippen LogP contribution in [0.4, 0.5) is 11.6 Å². The number of likely N-dealkylation sites (tertiary alicyclic amines) is 1. The number of nitrogens with one attached hydrogen (secondary N) is 2. The van der Waals surface area contributed by atoms with Crippen LogP contribution >= 0.6 is 0 Å². The Morgan fingerprint density at radius 1 is 1.33 bits per heavy atom. The molecule has 0 spiro atoms. The molecule has 5 heteroatoms. The molecule has 0 radical (unpaired) electrons. The zero-order valence-corrected chi connectivity index (χ0v) is 13.8. The first-order valence-corrected chi connectivity index (χ1v) is 8.15. The summed E-state index contributed by atoms with van der Waals surface area (Å²) in [4.78, 5) is 11.3. The Kier molecular flexibility index (Phi) is 5.79. The third-order valence-electron chi connectivity index (χ3n) is 3.97. The Bertz CT molecular complexity index is 446. The molecule has 21 heavy (non-hydrogen) atoms. The predicted molar refractivity (Wildman–Crippen MR) is 89.0 cm³/mol. The highest BCUT2D eigenvalue weighted by Crippen LogP contribution is 2.29. The molecule has 1 saturated heterocycles. The molecule has 2 rings (SSSR count). The second-order valence-corrected chi connectivity index (χ2v) is 6.31. The molecule has 2 N–H and O–H groups in total. The molecule has 0 aromatic carbocycles. The zero-order valence-electron chi connectivity index (χ0n) is 13.8. The van der Waals surface area contributed by atoms with E-state index in [1.807, 2.05) is 0 Å². The molecule has 0 saturated carbocycles. The van der Waals surface area contributed by atoms with Gasteiger partial charge in [-0.3, -0.25) is 0 Å². The maximum absolute atomic E-state index is 4.51. The number of likely N-dealkylation sites (N-methyl/N-ethyl adjacent to an activating group) is 1. The minimum atomic E-state index is 0.398. The molecule has 1 atom stereocenters. The maximum Gasteiger partial charge on any atom is 0.135 e. The number of nitrogens with zero attached hydrogens (tertiary/aromatic N) is 3. The van der Waals surface area contributed by atoms with Crippen molar-refractivity contribution in [3.05, 3.63) is 11.9 Å². The van der Waals surface area contributed by atoms with Crippen LogP contribution in [0.3, 0.4) is 0 Å². The van der Waals surface area contributed by atoms with Crippen LogP contribution in [0.15, 0.2) is 6.33 Å². The molecular weight excluding hydrogens is 262 g/mol. The lowest BCUT2D eigenvalue weighted by molar-refractivity contribution is 0.260. The number of rotatable bonds is 6. The number of aromatic nitrogens is 2. The van der Waals surface area contributed by atoms with Crippen molar-refractivity contribution in [2.24, 2.45) is 0 Å². The van der Waals surface area contributed by atoms with Crippen molar-refractivity contribution in [2.75, 3.05) is 37.3 Å². The lowest BCUT2D eigenvalue weighted by Crippen LogP contribution is -2.40. The number of hydrogen-bond donors (Lipinski definition) is 2. The number of piperidine rings is 1. The predicted octanol–water partition coefficient (Wildman–Crippen LogP) is 2.93. The Morgan fingerprint density at radius 2 is 2.10 bits per heavy atom. The molecule has 0 bridgehead atoms. The van der Waals surface area contributed by atoms with Crippen molar-refractivity contribution < 1.29 is 0 Å². The monoisotopic (exact) mass is 291 g/mol. The summed E-state index contributed by atoms with van der Waals surface area (Å²) >= 11 is 0. The van der Waals surface area contributed by atoms with Crippen LogP contribution in [-0.2, 0) is 0 Å². The Hall–Kier alpha value is -1.36. The first kappa shape index (κ1) is 16.0. The van der Waals surface area contributed by atoms with E-state index < -0.39 is 0 Å². The van der Waals surface area contributed by atoms with Gasteiger partial charge in [0, 0.05) is 24.7 Å². The molecule has 0 amide bonds. The van der Waals surface area contributed by atoms with Crippen molar-refractivity contribution in [2.45, 2.75) is 52.0 Å². The maximum atomic E-state index is 4.51. The topological polar surface area (TPSA) is 53.1 Å². The Balaban J connectivity index is 2.17. The summed E-state index contributed by atoms with van der Waals surface area (Å²) in [6.07, 6.45) is 5.22. The van der Waals surface area contributed by atoms with Crippen molar-refractivity contribution in [1.82, 2.24) is 14.9 Å². The third kappa shape index (κ3) is 4.30. The van der Waals surface area contributed by atoms with Gasteiger partial charge in [-0.15, -0.1) is 0 Å². The number of hydrogen-bond acceptors (Lipinski definition) is 5. The number of anilines is 2. The van der Waals surface area contributed by atoms with Crippen LogP contribution in [0.2, 0.25) is 0 Å². The van der Waals surface area contributed by atoms with Gasteiger partial charge in [-0.05, 0) is 38.8 Å². The van der Waals surface area contributed by atoms with E-state index in [9.17, 15) is 0 Å². The van der Waals surface area contributed by atoms with Gasteiger partial charge in [0.05, 0.1) is 0 Å². The second-order valence-electron chi connectivity index (χ2n) is 6.31. The average Bonchev–Trinajstić information content (AvgIpc) is 2.45. The smallest absolute Gasteiger partial charge is 0.135 e. The van der Waals surface area contributed by atoms with Crippen LogP contribution in [0.25, 0.3) is 0 Å². The van der Waals surface area contributed by atoms with Gasteiger partial charge in [0.2, 0.25) is 0 Å². The third-order valence-corrected chi connectivity index (χ3v) is 3.97. The molecule has 1 unspecified atom stereocenters. The van der Waals surface area contributed by atoms with E-state index in [2.05, 4.69) is 53.3 Å². The minimum Gasteiger partial charge on any atom is -0.370 e. The van der Waals surface area contributed by atoms with Crippen LogP contribution in [-0.4, -0.2) is 47.6 Å². The highest BCUT2D eigenvalue weighted by atomic mass is 15.2. The SMILES string of the molecule is CCCNc1ncnc(NC2CCCN(C)C2)c1C(C)C. The van der Waals surface area contributed by atoms with Gasteiger partial charge in [-0.25, -0.2) is 9.97 Å². The van der Waals surface area contributed by atoms with E-state index in [0.29, 0.717) is 12.0 Å². The highest BCUT2D eigenvalue weighted by molar-refractivity contribution is 5.59. The summed E-state index contributed by atoms with van der Waals surface area (Å²) in [7, 11) is 2.19. The largest absolute Gasteiger partial charge is 0.370 e. The van der Waals surface area contributed by atoms with Gasteiger partial charge >= 0.3 is 0 Å². The van der Waals surface area contributed by atoms with Crippen LogP contribution < -0.4 is 10.6 Å². The normalized spacial score (nSPS) is 19.8. The first-order chi connectivity index (χ1) is 10.1. The zero-order chi connectivity index (χ0) is 15.2. The fourth-order valence-electron chi connectivity index (χ4n) is 2.92. The van der Waals surface area contributed by atoms with Crippen molar-refractivity contribution >= 4 is 11.6 Å². The lowest BCUT2D eigenvalue weighted by Gasteiger charge is -2.31. The summed E-state index contributed by atoms with van der Waals surface area (Å²) in [6.45, 7) is 9.80. The van der Waals surface area contributed by atoms with Crippen LogP contribution in [0, 0.1) is 0 Å². The first-order valence-electron chi connectivity index (χ1n) is 8.15.